The average Bonchev–Trinajstić information content (AvgIpc) is 2.83. The van der Waals surface area contributed by atoms with E-state index in [1.165, 1.54) is 16.5 Å². The highest BCUT2D eigenvalue weighted by molar-refractivity contribution is 8.01. The summed E-state index contributed by atoms with van der Waals surface area (Å²) in [4.78, 5) is 13.2. The molecule has 4 nitrogen and oxygen atoms in total. The van der Waals surface area contributed by atoms with Crippen LogP contribution in [0.1, 0.15) is 5.56 Å². The van der Waals surface area contributed by atoms with Crippen molar-refractivity contribution in [2.45, 2.75) is 15.9 Å². The molecule has 0 saturated heterocycles. The molecule has 0 spiro atoms. The fourth-order valence-corrected chi connectivity index (χ4v) is 3.53. The van der Waals surface area contributed by atoms with Crippen molar-refractivity contribution < 1.29 is 0 Å². The van der Waals surface area contributed by atoms with Gasteiger partial charge in [-0.2, -0.15) is 0 Å². The standard InChI is InChI=1S/C13H12N4S2/c14-6-5-9-7-15-12(16-8-9)19-13-17-10-3-1-2-4-11(10)18-13/h1-4,7-8H,5-6,14H2. The number of para-hydroxylation sites is 1. The predicted octanol–water partition coefficient (Wildman–Crippen LogP) is 2.74. The van der Waals surface area contributed by atoms with Crippen molar-refractivity contribution in [2.24, 2.45) is 5.73 Å². The highest BCUT2D eigenvalue weighted by atomic mass is 32.2. The molecule has 6 heteroatoms. The molecule has 2 N–H and O–H groups in total. The number of aromatic nitrogens is 3. The lowest BCUT2D eigenvalue weighted by molar-refractivity contribution is 0.890. The number of nitrogens with zero attached hydrogens (tertiary/aromatic N) is 3. The molecule has 3 aromatic rings. The fourth-order valence-electron chi connectivity index (χ4n) is 1.66. The third-order valence-corrected chi connectivity index (χ3v) is 4.56. The van der Waals surface area contributed by atoms with Crippen molar-refractivity contribution in [3.8, 4) is 0 Å². The van der Waals surface area contributed by atoms with Crippen molar-refractivity contribution in [1.82, 2.24) is 15.0 Å². The first-order chi connectivity index (χ1) is 9.35. The molecule has 96 valence electrons. The first-order valence-corrected chi connectivity index (χ1v) is 7.53. The average molecular weight is 288 g/mol. The molecule has 0 bridgehead atoms. The molecule has 2 aromatic heterocycles. The van der Waals surface area contributed by atoms with Crippen molar-refractivity contribution in [2.75, 3.05) is 6.54 Å². The van der Waals surface area contributed by atoms with Crippen LogP contribution in [0.3, 0.4) is 0 Å². The van der Waals surface area contributed by atoms with Gasteiger partial charge in [-0.05, 0) is 42.4 Å². The van der Waals surface area contributed by atoms with E-state index in [0.29, 0.717) is 6.54 Å². The lowest BCUT2D eigenvalue weighted by atomic mass is 10.2. The molecule has 0 unspecified atom stereocenters. The van der Waals surface area contributed by atoms with Crippen LogP contribution in [-0.4, -0.2) is 21.5 Å². The molecular weight excluding hydrogens is 276 g/mol. The van der Waals surface area contributed by atoms with Crippen molar-refractivity contribution in [3.05, 3.63) is 42.2 Å². The first kappa shape index (κ1) is 12.5. The number of hydrogen-bond donors (Lipinski definition) is 1. The van der Waals surface area contributed by atoms with Gasteiger partial charge in [0.25, 0.3) is 0 Å². The summed E-state index contributed by atoms with van der Waals surface area (Å²) in [5, 5.41) is 0.722. The summed E-state index contributed by atoms with van der Waals surface area (Å²) in [6.45, 7) is 0.619. The van der Waals surface area contributed by atoms with Gasteiger partial charge in [0.2, 0.25) is 0 Å². The third kappa shape index (κ3) is 2.91. The zero-order valence-electron chi connectivity index (χ0n) is 10.1. The summed E-state index contributed by atoms with van der Waals surface area (Å²) in [5.74, 6) is 0. The first-order valence-electron chi connectivity index (χ1n) is 5.89. The Bertz CT molecular complexity index is 645. The molecule has 0 amide bonds. The van der Waals surface area contributed by atoms with Gasteiger partial charge in [0.15, 0.2) is 9.50 Å². The van der Waals surface area contributed by atoms with Gasteiger partial charge < -0.3 is 5.73 Å². The zero-order chi connectivity index (χ0) is 13.1. The van der Waals surface area contributed by atoms with Crippen LogP contribution >= 0.6 is 23.1 Å². The number of fused-ring (bicyclic) bond motifs is 1. The van der Waals surface area contributed by atoms with Crippen molar-refractivity contribution in [1.29, 1.82) is 0 Å². The van der Waals surface area contributed by atoms with Gasteiger partial charge >= 0.3 is 0 Å². The minimum atomic E-state index is 0.619. The number of benzene rings is 1. The van der Waals surface area contributed by atoms with Crippen LogP contribution in [0, 0.1) is 0 Å². The van der Waals surface area contributed by atoms with Crippen LogP contribution in [0.4, 0.5) is 0 Å². The maximum absolute atomic E-state index is 5.50. The zero-order valence-corrected chi connectivity index (χ0v) is 11.7. The summed E-state index contributed by atoms with van der Waals surface area (Å²) in [6.07, 6.45) is 4.47. The number of hydrogen-bond acceptors (Lipinski definition) is 6. The van der Waals surface area contributed by atoms with E-state index in [9.17, 15) is 0 Å². The molecule has 1 aromatic carbocycles. The van der Waals surface area contributed by atoms with Gasteiger partial charge in [0, 0.05) is 12.4 Å². The molecule has 0 aliphatic heterocycles. The minimum Gasteiger partial charge on any atom is -0.330 e. The Balaban J connectivity index is 1.80. The molecule has 0 radical (unpaired) electrons. The normalized spacial score (nSPS) is 11.0. The lowest BCUT2D eigenvalue weighted by Crippen LogP contribution is -2.03. The van der Waals surface area contributed by atoms with Crippen LogP contribution in [0.25, 0.3) is 10.2 Å². The Morgan fingerprint density at radius 2 is 1.95 bits per heavy atom. The second-order valence-electron chi connectivity index (χ2n) is 3.96. The van der Waals surface area contributed by atoms with E-state index < -0.39 is 0 Å². The highest BCUT2D eigenvalue weighted by Gasteiger charge is 2.07. The Morgan fingerprint density at radius 3 is 2.68 bits per heavy atom. The summed E-state index contributed by atoms with van der Waals surface area (Å²) in [5.41, 5.74) is 7.58. The summed E-state index contributed by atoms with van der Waals surface area (Å²) < 4.78 is 2.15. The van der Waals surface area contributed by atoms with Gasteiger partial charge in [-0.15, -0.1) is 11.3 Å². The quantitative estimate of drug-likeness (QED) is 0.748. The van der Waals surface area contributed by atoms with E-state index in [-0.39, 0.29) is 0 Å². The van der Waals surface area contributed by atoms with Crippen LogP contribution in [-0.2, 0) is 6.42 Å². The van der Waals surface area contributed by atoms with Crippen LogP contribution in [0.2, 0.25) is 0 Å². The monoisotopic (exact) mass is 288 g/mol. The summed E-state index contributed by atoms with van der Waals surface area (Å²) in [7, 11) is 0. The lowest BCUT2D eigenvalue weighted by Gasteiger charge is -1.98. The molecule has 3 rings (SSSR count). The molecule has 0 aliphatic rings. The van der Waals surface area contributed by atoms with Crippen LogP contribution < -0.4 is 5.73 Å². The Morgan fingerprint density at radius 1 is 1.16 bits per heavy atom. The predicted molar refractivity (Wildman–Crippen MR) is 78.5 cm³/mol. The SMILES string of the molecule is NCCc1cnc(Sc2nc3ccccc3s2)nc1. The van der Waals surface area contributed by atoms with Crippen molar-refractivity contribution in [3.63, 3.8) is 0 Å². The highest BCUT2D eigenvalue weighted by Crippen LogP contribution is 2.32. The minimum absolute atomic E-state index is 0.619. The van der Waals surface area contributed by atoms with E-state index in [2.05, 4.69) is 21.0 Å². The molecule has 0 saturated carbocycles. The number of thiazole rings is 1. The van der Waals surface area contributed by atoms with E-state index in [0.717, 1.165) is 27.0 Å². The number of nitrogens with two attached hydrogens (primary N) is 1. The maximum atomic E-state index is 5.50. The molecular formula is C13H12N4S2. The topological polar surface area (TPSA) is 64.7 Å². The van der Waals surface area contributed by atoms with Crippen LogP contribution in [0.15, 0.2) is 46.2 Å². The maximum Gasteiger partial charge on any atom is 0.194 e. The molecule has 2 heterocycles. The smallest absolute Gasteiger partial charge is 0.194 e. The summed E-state index contributed by atoms with van der Waals surface area (Å²) >= 11 is 3.15. The van der Waals surface area contributed by atoms with Gasteiger partial charge in [-0.3, -0.25) is 0 Å². The molecule has 0 atom stereocenters. The molecule has 19 heavy (non-hydrogen) atoms. The van der Waals surface area contributed by atoms with Gasteiger partial charge in [-0.1, -0.05) is 12.1 Å². The largest absolute Gasteiger partial charge is 0.330 e. The Kier molecular flexibility index (Phi) is 3.72. The third-order valence-electron chi connectivity index (χ3n) is 2.57. The van der Waals surface area contributed by atoms with E-state index in [1.807, 2.05) is 30.6 Å². The fraction of sp³-hybridized carbons (Fsp3) is 0.154. The number of rotatable bonds is 4. The molecule has 0 aliphatic carbocycles. The molecule has 0 fully saturated rings. The van der Waals surface area contributed by atoms with Gasteiger partial charge in [0.1, 0.15) is 0 Å². The van der Waals surface area contributed by atoms with Crippen molar-refractivity contribution >= 4 is 33.3 Å². The second-order valence-corrected chi connectivity index (χ2v) is 6.21. The van der Waals surface area contributed by atoms with E-state index in [4.69, 9.17) is 5.73 Å². The second kappa shape index (κ2) is 5.64. The Labute approximate surface area is 119 Å². The Hall–Kier alpha value is -1.50. The van der Waals surface area contributed by atoms with E-state index >= 15 is 0 Å². The van der Waals surface area contributed by atoms with Gasteiger partial charge in [-0.25, -0.2) is 15.0 Å². The van der Waals surface area contributed by atoms with E-state index in [1.54, 1.807) is 11.3 Å². The van der Waals surface area contributed by atoms with Crippen LogP contribution in [0.5, 0.6) is 0 Å². The summed E-state index contributed by atoms with van der Waals surface area (Å²) in [6, 6.07) is 8.10. The van der Waals surface area contributed by atoms with Gasteiger partial charge in [0.05, 0.1) is 10.2 Å².